The van der Waals surface area contributed by atoms with Gasteiger partial charge in [0.1, 0.15) is 0 Å². The minimum Gasteiger partial charge on any atom is -0.335 e. The topological polar surface area (TPSA) is 95.8 Å². The van der Waals surface area contributed by atoms with Crippen LogP contribution in [0.4, 0.5) is 0 Å². The predicted octanol–water partition coefficient (Wildman–Crippen LogP) is 0.973. The zero-order valence-electron chi connectivity index (χ0n) is 14.8. The number of tetrazole rings is 1. The van der Waals surface area contributed by atoms with Gasteiger partial charge < -0.3 is 4.90 Å². The molecule has 0 spiro atoms. The van der Waals surface area contributed by atoms with Crippen LogP contribution in [-0.2, 0) is 0 Å². The normalized spacial score (nSPS) is 18.0. The molecule has 9 heteroatoms. The van der Waals surface area contributed by atoms with Gasteiger partial charge in [0.25, 0.3) is 5.91 Å². The molecule has 1 aliphatic heterocycles. The van der Waals surface area contributed by atoms with Gasteiger partial charge in [-0.2, -0.15) is 10.3 Å². The van der Waals surface area contributed by atoms with E-state index >= 15 is 0 Å². The number of carbonyl (C=O) groups excluding carboxylic acids is 1. The lowest BCUT2D eigenvalue weighted by molar-refractivity contribution is 0.0621. The lowest BCUT2D eigenvalue weighted by Gasteiger charge is -2.34. The molecule has 1 amide bonds. The van der Waals surface area contributed by atoms with Crippen molar-refractivity contribution in [3.05, 3.63) is 42.2 Å². The van der Waals surface area contributed by atoms with Gasteiger partial charge >= 0.3 is 0 Å². The molecule has 9 nitrogen and oxygen atoms in total. The Hall–Kier alpha value is -3.07. The summed E-state index contributed by atoms with van der Waals surface area (Å²) in [4.78, 5) is 17.2. The van der Waals surface area contributed by atoms with Crippen molar-refractivity contribution >= 4 is 5.91 Å². The lowest BCUT2D eigenvalue weighted by Crippen LogP contribution is -2.49. The molecule has 2 fully saturated rings. The number of aromatic nitrogens is 6. The third-order valence-electron chi connectivity index (χ3n) is 5.19. The van der Waals surface area contributed by atoms with Crippen LogP contribution >= 0.6 is 0 Å². The van der Waals surface area contributed by atoms with E-state index in [9.17, 15) is 4.79 Å². The van der Waals surface area contributed by atoms with Crippen molar-refractivity contribution in [3.8, 4) is 17.1 Å². The maximum absolute atomic E-state index is 12.8. The zero-order valence-corrected chi connectivity index (χ0v) is 14.8. The summed E-state index contributed by atoms with van der Waals surface area (Å²) in [7, 11) is 0. The van der Waals surface area contributed by atoms with Crippen LogP contribution in [0.15, 0.2) is 36.5 Å². The quantitative estimate of drug-likeness (QED) is 0.741. The summed E-state index contributed by atoms with van der Waals surface area (Å²) in [6.07, 6.45) is 4.42. The molecule has 0 radical (unpaired) electrons. The second kappa shape index (κ2) is 6.58. The van der Waals surface area contributed by atoms with E-state index in [1.54, 1.807) is 10.7 Å². The monoisotopic (exact) mass is 364 g/mol. The predicted molar refractivity (Wildman–Crippen MR) is 97.2 cm³/mol. The minimum absolute atomic E-state index is 0.00137. The van der Waals surface area contributed by atoms with E-state index in [4.69, 9.17) is 0 Å². The van der Waals surface area contributed by atoms with E-state index in [2.05, 4.69) is 30.6 Å². The highest BCUT2D eigenvalue weighted by molar-refractivity contribution is 5.92. The van der Waals surface area contributed by atoms with Gasteiger partial charge in [0.15, 0.2) is 5.69 Å². The van der Waals surface area contributed by atoms with E-state index in [0.29, 0.717) is 11.5 Å². The Bertz CT molecular complexity index is 938. The van der Waals surface area contributed by atoms with Crippen LogP contribution in [0.2, 0.25) is 0 Å². The van der Waals surface area contributed by atoms with Crippen molar-refractivity contribution in [2.24, 2.45) is 0 Å². The van der Waals surface area contributed by atoms with Gasteiger partial charge in [0.05, 0.1) is 5.69 Å². The number of aromatic amines is 1. The molecule has 0 atom stereocenters. The molecule has 2 aromatic heterocycles. The first kappa shape index (κ1) is 16.1. The van der Waals surface area contributed by atoms with Gasteiger partial charge in [0, 0.05) is 44.0 Å². The third kappa shape index (κ3) is 3.21. The van der Waals surface area contributed by atoms with Crippen molar-refractivity contribution in [1.82, 2.24) is 40.2 Å². The van der Waals surface area contributed by atoms with Crippen molar-refractivity contribution in [2.75, 3.05) is 26.2 Å². The van der Waals surface area contributed by atoms with Gasteiger partial charge in [-0.15, -0.1) is 10.2 Å². The summed E-state index contributed by atoms with van der Waals surface area (Å²) >= 11 is 0. The molecule has 27 heavy (non-hydrogen) atoms. The van der Waals surface area contributed by atoms with Crippen LogP contribution < -0.4 is 0 Å². The Labute approximate surface area is 156 Å². The smallest absolute Gasteiger partial charge is 0.274 e. The SMILES string of the molecule is O=C(c1ccn(-c2cccc(-c3nn[nH]n3)c2)n1)N1CCN(C2CC2)CC1. The summed E-state index contributed by atoms with van der Waals surface area (Å²) in [5.74, 6) is 0.521. The number of piperazine rings is 1. The van der Waals surface area contributed by atoms with E-state index in [1.165, 1.54) is 12.8 Å². The fraction of sp³-hybridized carbons (Fsp3) is 0.389. The first-order chi connectivity index (χ1) is 13.3. The Balaban J connectivity index is 1.31. The van der Waals surface area contributed by atoms with Crippen LogP contribution in [0.1, 0.15) is 23.3 Å². The Morgan fingerprint density at radius 1 is 1.11 bits per heavy atom. The first-order valence-electron chi connectivity index (χ1n) is 9.21. The Morgan fingerprint density at radius 2 is 1.96 bits per heavy atom. The fourth-order valence-electron chi connectivity index (χ4n) is 3.55. The Kier molecular flexibility index (Phi) is 3.93. The second-order valence-electron chi connectivity index (χ2n) is 6.99. The molecule has 138 valence electrons. The lowest BCUT2D eigenvalue weighted by atomic mass is 10.2. The van der Waals surface area contributed by atoms with Crippen molar-refractivity contribution in [3.63, 3.8) is 0 Å². The number of H-pyrrole nitrogens is 1. The highest BCUT2D eigenvalue weighted by Gasteiger charge is 2.32. The largest absolute Gasteiger partial charge is 0.335 e. The van der Waals surface area contributed by atoms with Crippen molar-refractivity contribution < 1.29 is 4.79 Å². The van der Waals surface area contributed by atoms with Crippen LogP contribution in [-0.4, -0.2) is 78.3 Å². The molecule has 0 unspecified atom stereocenters. The van der Waals surface area contributed by atoms with Gasteiger partial charge in [0.2, 0.25) is 5.82 Å². The molecule has 0 bridgehead atoms. The molecule has 2 aliphatic rings. The van der Waals surface area contributed by atoms with E-state index in [-0.39, 0.29) is 5.91 Å². The molecule has 1 saturated heterocycles. The molecule has 5 rings (SSSR count). The fourth-order valence-corrected chi connectivity index (χ4v) is 3.55. The number of hydrogen-bond acceptors (Lipinski definition) is 6. The van der Waals surface area contributed by atoms with Gasteiger partial charge in [-0.05, 0) is 36.3 Å². The summed E-state index contributed by atoms with van der Waals surface area (Å²) in [5, 5.41) is 18.5. The zero-order chi connectivity index (χ0) is 18.2. The number of nitrogens with zero attached hydrogens (tertiary/aromatic N) is 7. The van der Waals surface area contributed by atoms with Gasteiger partial charge in [-0.1, -0.05) is 12.1 Å². The van der Waals surface area contributed by atoms with E-state index < -0.39 is 0 Å². The van der Waals surface area contributed by atoms with Gasteiger partial charge in [-0.25, -0.2) is 4.68 Å². The summed E-state index contributed by atoms with van der Waals surface area (Å²) < 4.78 is 1.71. The molecular formula is C18H20N8O. The molecular weight excluding hydrogens is 344 g/mol. The average Bonchev–Trinajstić information content (AvgIpc) is 3.21. The molecule has 1 aliphatic carbocycles. The number of rotatable bonds is 4. The van der Waals surface area contributed by atoms with Crippen LogP contribution in [0.5, 0.6) is 0 Å². The Morgan fingerprint density at radius 3 is 2.70 bits per heavy atom. The second-order valence-corrected chi connectivity index (χ2v) is 6.99. The van der Waals surface area contributed by atoms with Crippen LogP contribution in [0.3, 0.4) is 0 Å². The molecule has 1 saturated carbocycles. The molecule has 3 aromatic rings. The number of amides is 1. The van der Waals surface area contributed by atoms with E-state index in [0.717, 1.165) is 43.5 Å². The maximum Gasteiger partial charge on any atom is 0.274 e. The summed E-state index contributed by atoms with van der Waals surface area (Å²) in [6, 6.07) is 10.2. The number of nitrogens with one attached hydrogen (secondary N) is 1. The maximum atomic E-state index is 12.8. The van der Waals surface area contributed by atoms with Gasteiger partial charge in [-0.3, -0.25) is 9.69 Å². The molecule has 1 N–H and O–H groups in total. The summed E-state index contributed by atoms with van der Waals surface area (Å²) in [5.41, 5.74) is 2.15. The highest BCUT2D eigenvalue weighted by Crippen LogP contribution is 2.27. The summed E-state index contributed by atoms with van der Waals surface area (Å²) in [6.45, 7) is 3.47. The molecule has 1 aromatic carbocycles. The standard InChI is InChI=1S/C18H20N8O/c27-18(25-10-8-24(9-11-25)14-4-5-14)16-6-7-26(21-16)15-3-1-2-13(12-15)17-19-22-23-20-17/h1-3,6-7,12,14H,4-5,8-11H2,(H,19,20,22,23). The number of carbonyl (C=O) groups is 1. The van der Waals surface area contributed by atoms with Crippen molar-refractivity contribution in [1.29, 1.82) is 0 Å². The minimum atomic E-state index is -0.00137. The third-order valence-corrected chi connectivity index (χ3v) is 5.19. The average molecular weight is 364 g/mol. The first-order valence-corrected chi connectivity index (χ1v) is 9.21. The van der Waals surface area contributed by atoms with Crippen LogP contribution in [0.25, 0.3) is 17.1 Å². The molecule has 3 heterocycles. The number of hydrogen-bond donors (Lipinski definition) is 1. The highest BCUT2D eigenvalue weighted by atomic mass is 16.2. The number of benzene rings is 1. The van der Waals surface area contributed by atoms with E-state index in [1.807, 2.05) is 35.4 Å². The van der Waals surface area contributed by atoms with Crippen LogP contribution in [0, 0.1) is 0 Å². The van der Waals surface area contributed by atoms with Crippen molar-refractivity contribution in [2.45, 2.75) is 18.9 Å².